The molecule has 3 aromatic rings. The summed E-state index contributed by atoms with van der Waals surface area (Å²) in [4.78, 5) is 29.2. The summed E-state index contributed by atoms with van der Waals surface area (Å²) in [7, 11) is 2.88. The van der Waals surface area contributed by atoms with Crippen molar-refractivity contribution < 1.29 is 19.1 Å². The van der Waals surface area contributed by atoms with Gasteiger partial charge in [0.1, 0.15) is 16.3 Å². The number of imidazole rings is 1. The van der Waals surface area contributed by atoms with Crippen molar-refractivity contribution in [2.75, 3.05) is 14.2 Å². The number of fused-ring (bicyclic) bond motifs is 1. The number of methoxy groups -OCH3 is 2. The number of benzene rings is 1. The largest absolute Gasteiger partial charge is 0.497 e. The molecule has 0 aliphatic heterocycles. The predicted octanol–water partition coefficient (Wildman–Crippen LogP) is 2.42. The van der Waals surface area contributed by atoms with Crippen LogP contribution in [0.5, 0.6) is 5.75 Å². The summed E-state index contributed by atoms with van der Waals surface area (Å²) in [5.41, 5.74) is 0.917. The van der Waals surface area contributed by atoms with E-state index >= 15 is 0 Å². The van der Waals surface area contributed by atoms with Crippen molar-refractivity contribution >= 4 is 28.1 Å². The third kappa shape index (κ3) is 2.35. The highest BCUT2D eigenvalue weighted by atomic mass is 32.1. The number of carbonyl (C=O) groups excluding carboxylic acids is 2. The van der Waals surface area contributed by atoms with E-state index in [-0.39, 0.29) is 5.78 Å². The molecule has 0 N–H and O–H groups in total. The Morgan fingerprint density at radius 1 is 1.18 bits per heavy atom. The van der Waals surface area contributed by atoms with Crippen LogP contribution >= 0.6 is 11.3 Å². The molecule has 0 atom stereocenters. The Morgan fingerprint density at radius 3 is 2.55 bits per heavy atom. The summed E-state index contributed by atoms with van der Waals surface area (Å²) in [5.74, 6) is 0.0567. The quantitative estimate of drug-likeness (QED) is 0.546. The molecule has 0 radical (unpaired) electrons. The highest BCUT2D eigenvalue weighted by Crippen LogP contribution is 2.22. The van der Waals surface area contributed by atoms with E-state index in [0.29, 0.717) is 26.8 Å². The van der Waals surface area contributed by atoms with Gasteiger partial charge in [-0.25, -0.2) is 9.78 Å². The van der Waals surface area contributed by atoms with Gasteiger partial charge in [0, 0.05) is 11.8 Å². The summed E-state index contributed by atoms with van der Waals surface area (Å²) in [5, 5.41) is 0. The van der Waals surface area contributed by atoms with Gasteiger partial charge in [-0.15, -0.1) is 0 Å². The van der Waals surface area contributed by atoms with Gasteiger partial charge in [0.2, 0.25) is 5.78 Å². The third-order valence-electron chi connectivity index (χ3n) is 3.18. The number of esters is 1. The first-order chi connectivity index (χ1) is 10.6. The van der Waals surface area contributed by atoms with Crippen molar-refractivity contribution in [1.82, 2.24) is 9.38 Å². The molecule has 0 spiro atoms. The molecule has 0 bridgehead atoms. The highest BCUT2D eigenvalue weighted by Gasteiger charge is 2.18. The monoisotopic (exact) mass is 316 g/mol. The Labute approximate surface area is 129 Å². The van der Waals surface area contributed by atoms with Gasteiger partial charge in [0.05, 0.1) is 20.4 Å². The smallest absolute Gasteiger partial charge is 0.349 e. The summed E-state index contributed by atoms with van der Waals surface area (Å²) in [6.45, 7) is 0. The van der Waals surface area contributed by atoms with Crippen LogP contribution in [0.4, 0.5) is 0 Å². The van der Waals surface area contributed by atoms with Crippen LogP contribution in [-0.2, 0) is 4.74 Å². The van der Waals surface area contributed by atoms with Gasteiger partial charge in [-0.3, -0.25) is 9.20 Å². The Bertz CT molecular complexity index is 848. The second-order valence-electron chi connectivity index (χ2n) is 4.44. The average Bonchev–Trinajstić information content (AvgIpc) is 3.14. The first-order valence-electron chi connectivity index (χ1n) is 6.38. The van der Waals surface area contributed by atoms with E-state index in [1.807, 2.05) is 0 Å². The van der Waals surface area contributed by atoms with Crippen LogP contribution in [0, 0.1) is 0 Å². The van der Waals surface area contributed by atoms with Crippen LogP contribution in [0.2, 0.25) is 0 Å². The minimum Gasteiger partial charge on any atom is -0.497 e. The van der Waals surface area contributed by atoms with E-state index in [2.05, 4.69) is 9.72 Å². The number of hydrogen-bond acceptors (Lipinski definition) is 6. The number of nitrogens with zero attached hydrogens (tertiary/aromatic N) is 2. The van der Waals surface area contributed by atoms with Gasteiger partial charge >= 0.3 is 5.97 Å². The number of hydrogen-bond donors (Lipinski definition) is 0. The second-order valence-corrected chi connectivity index (χ2v) is 5.45. The highest BCUT2D eigenvalue weighted by molar-refractivity contribution is 7.18. The standard InChI is InChI=1S/C15H12N2O4S/c1-20-10-5-3-9(4-6-10)13(18)11-7-16-15-17(11)8-12(22-15)14(19)21-2/h3-8H,1-2H3. The zero-order valence-corrected chi connectivity index (χ0v) is 12.7. The molecule has 112 valence electrons. The molecular weight excluding hydrogens is 304 g/mol. The molecule has 3 rings (SSSR count). The number of aromatic nitrogens is 2. The lowest BCUT2D eigenvalue weighted by Gasteiger charge is -2.02. The molecule has 7 heteroatoms. The molecule has 0 saturated heterocycles. The first-order valence-corrected chi connectivity index (χ1v) is 7.19. The molecule has 6 nitrogen and oxygen atoms in total. The number of rotatable bonds is 4. The Kier molecular flexibility index (Phi) is 3.64. The molecule has 0 fully saturated rings. The predicted molar refractivity (Wildman–Crippen MR) is 80.8 cm³/mol. The van der Waals surface area contributed by atoms with E-state index < -0.39 is 5.97 Å². The van der Waals surface area contributed by atoms with E-state index in [1.165, 1.54) is 24.6 Å². The molecule has 22 heavy (non-hydrogen) atoms. The summed E-state index contributed by atoms with van der Waals surface area (Å²) in [6.07, 6.45) is 3.06. The Hall–Kier alpha value is -2.67. The molecule has 1 aromatic carbocycles. The van der Waals surface area contributed by atoms with Gasteiger partial charge in [-0.05, 0) is 24.3 Å². The molecule has 2 heterocycles. The van der Waals surface area contributed by atoms with E-state index in [9.17, 15) is 9.59 Å². The SMILES string of the molecule is COC(=O)c1cn2c(C(=O)c3ccc(OC)cc3)cnc2s1. The second kappa shape index (κ2) is 5.61. The topological polar surface area (TPSA) is 69.9 Å². The lowest BCUT2D eigenvalue weighted by atomic mass is 10.1. The normalized spacial score (nSPS) is 10.6. The van der Waals surface area contributed by atoms with Crippen LogP contribution in [0.25, 0.3) is 4.96 Å². The van der Waals surface area contributed by atoms with Crippen LogP contribution in [0.3, 0.4) is 0 Å². The van der Waals surface area contributed by atoms with Crippen molar-refractivity contribution in [3.05, 3.63) is 52.8 Å². The number of ether oxygens (including phenoxy) is 2. The van der Waals surface area contributed by atoms with E-state index in [1.54, 1.807) is 42.0 Å². The average molecular weight is 316 g/mol. The van der Waals surface area contributed by atoms with Crippen LogP contribution in [0.15, 0.2) is 36.7 Å². The number of ketones is 1. The van der Waals surface area contributed by atoms with Gasteiger partial charge in [0.25, 0.3) is 0 Å². The Balaban J connectivity index is 1.99. The van der Waals surface area contributed by atoms with Crippen molar-refractivity contribution in [3.8, 4) is 5.75 Å². The van der Waals surface area contributed by atoms with Crippen LogP contribution in [0.1, 0.15) is 25.7 Å². The van der Waals surface area contributed by atoms with Crippen molar-refractivity contribution in [3.63, 3.8) is 0 Å². The maximum atomic E-state index is 12.6. The Morgan fingerprint density at radius 2 is 1.91 bits per heavy atom. The van der Waals surface area contributed by atoms with Crippen LogP contribution in [-0.4, -0.2) is 35.4 Å². The van der Waals surface area contributed by atoms with Crippen molar-refractivity contribution in [2.45, 2.75) is 0 Å². The molecule has 0 aliphatic rings. The maximum absolute atomic E-state index is 12.6. The van der Waals surface area contributed by atoms with Gasteiger partial charge in [-0.1, -0.05) is 11.3 Å². The minimum absolute atomic E-state index is 0.177. The van der Waals surface area contributed by atoms with Gasteiger partial charge in [-0.2, -0.15) is 0 Å². The van der Waals surface area contributed by atoms with Gasteiger partial charge in [0.15, 0.2) is 4.96 Å². The number of thiazole rings is 1. The fourth-order valence-corrected chi connectivity index (χ4v) is 2.92. The minimum atomic E-state index is -0.446. The maximum Gasteiger partial charge on any atom is 0.349 e. The third-order valence-corrected chi connectivity index (χ3v) is 4.16. The van der Waals surface area contributed by atoms with Crippen molar-refractivity contribution in [1.29, 1.82) is 0 Å². The fourth-order valence-electron chi connectivity index (χ4n) is 2.04. The molecule has 0 amide bonds. The summed E-state index contributed by atoms with van der Waals surface area (Å²) >= 11 is 1.17. The lowest BCUT2D eigenvalue weighted by Crippen LogP contribution is -2.05. The summed E-state index contributed by atoms with van der Waals surface area (Å²) < 4.78 is 11.4. The number of carbonyl (C=O) groups is 2. The van der Waals surface area contributed by atoms with E-state index in [0.717, 1.165) is 0 Å². The lowest BCUT2D eigenvalue weighted by molar-refractivity contribution is 0.0605. The van der Waals surface area contributed by atoms with Crippen molar-refractivity contribution in [2.24, 2.45) is 0 Å². The first kappa shape index (κ1) is 14.3. The molecule has 0 saturated carbocycles. The van der Waals surface area contributed by atoms with E-state index in [4.69, 9.17) is 4.74 Å². The molecule has 0 unspecified atom stereocenters. The summed E-state index contributed by atoms with van der Waals surface area (Å²) in [6, 6.07) is 6.82. The molecular formula is C15H12N2O4S. The molecule has 0 aliphatic carbocycles. The molecule has 2 aromatic heterocycles. The van der Waals surface area contributed by atoms with Crippen LogP contribution < -0.4 is 4.74 Å². The zero-order chi connectivity index (χ0) is 15.7. The fraction of sp³-hybridized carbons (Fsp3) is 0.133. The van der Waals surface area contributed by atoms with Gasteiger partial charge < -0.3 is 9.47 Å². The zero-order valence-electron chi connectivity index (χ0n) is 11.9.